The van der Waals surface area contributed by atoms with Gasteiger partial charge < -0.3 is 20.5 Å². The maximum Gasteiger partial charge on any atom is 0.240 e. The maximum atomic E-state index is 12.3. The monoisotopic (exact) mass is 392 g/mol. The molecule has 7 nitrogen and oxygen atoms in total. The summed E-state index contributed by atoms with van der Waals surface area (Å²) in [6.45, 7) is 0. The number of benzene rings is 2. The van der Waals surface area contributed by atoms with Gasteiger partial charge in [-0.3, -0.25) is 4.79 Å². The van der Waals surface area contributed by atoms with Crippen LogP contribution < -0.4 is 20.5 Å². The van der Waals surface area contributed by atoms with Gasteiger partial charge in [-0.1, -0.05) is 24.3 Å². The van der Waals surface area contributed by atoms with Crippen molar-refractivity contribution in [2.45, 2.75) is 25.3 Å². The summed E-state index contributed by atoms with van der Waals surface area (Å²) < 4.78 is 10.8. The van der Waals surface area contributed by atoms with Crippen LogP contribution >= 0.6 is 0 Å². The highest BCUT2D eigenvalue weighted by Crippen LogP contribution is 2.35. The van der Waals surface area contributed by atoms with Crippen LogP contribution in [0.25, 0.3) is 10.9 Å². The normalized spacial score (nSPS) is 16.7. The molecule has 2 aromatic carbocycles. The van der Waals surface area contributed by atoms with Crippen LogP contribution in [0.4, 0.5) is 5.82 Å². The fourth-order valence-electron chi connectivity index (χ4n) is 4.08. The molecule has 150 valence electrons. The van der Waals surface area contributed by atoms with Crippen molar-refractivity contribution >= 4 is 22.6 Å². The Kier molecular flexibility index (Phi) is 5.20. The number of carbonyl (C=O) groups is 1. The van der Waals surface area contributed by atoms with Crippen LogP contribution in [-0.4, -0.2) is 36.1 Å². The first kappa shape index (κ1) is 19.0. The lowest BCUT2D eigenvalue weighted by Crippen LogP contribution is -2.43. The molecular weight excluding hydrogens is 368 g/mol. The topological polar surface area (TPSA) is 99.4 Å². The molecule has 1 heterocycles. The SMILES string of the molecule is COc1cc2ncnc(NC(C(N)=O)C3CCc4ccccc4C3)c2cc1OC. The first-order chi connectivity index (χ1) is 14.1. The zero-order valence-electron chi connectivity index (χ0n) is 16.5. The number of fused-ring (bicyclic) bond motifs is 2. The van der Waals surface area contributed by atoms with Crippen molar-refractivity contribution in [2.24, 2.45) is 11.7 Å². The zero-order chi connectivity index (χ0) is 20.4. The molecule has 7 heteroatoms. The van der Waals surface area contributed by atoms with Crippen LogP contribution in [0.5, 0.6) is 11.5 Å². The molecule has 0 spiro atoms. The number of primary amides is 1. The molecule has 4 rings (SSSR count). The van der Waals surface area contributed by atoms with Crippen LogP contribution in [0.3, 0.4) is 0 Å². The van der Waals surface area contributed by atoms with E-state index in [2.05, 4.69) is 33.5 Å². The summed E-state index contributed by atoms with van der Waals surface area (Å²) in [5.41, 5.74) is 9.10. The molecule has 3 aromatic rings. The maximum absolute atomic E-state index is 12.3. The second kappa shape index (κ2) is 7.95. The minimum atomic E-state index is -0.533. The first-order valence-electron chi connectivity index (χ1n) is 9.60. The summed E-state index contributed by atoms with van der Waals surface area (Å²) in [6, 6.07) is 11.4. The van der Waals surface area contributed by atoms with Gasteiger partial charge in [0.1, 0.15) is 18.2 Å². The third-order valence-corrected chi connectivity index (χ3v) is 5.60. The third-order valence-electron chi connectivity index (χ3n) is 5.60. The van der Waals surface area contributed by atoms with Gasteiger partial charge in [-0.25, -0.2) is 9.97 Å². The average molecular weight is 392 g/mol. The Hall–Kier alpha value is -3.35. The Balaban J connectivity index is 1.67. The number of amides is 1. The lowest BCUT2D eigenvalue weighted by Gasteiger charge is -2.30. The minimum absolute atomic E-state index is 0.0903. The number of hydrogen-bond acceptors (Lipinski definition) is 6. The van der Waals surface area contributed by atoms with E-state index in [4.69, 9.17) is 15.2 Å². The van der Waals surface area contributed by atoms with Crippen molar-refractivity contribution < 1.29 is 14.3 Å². The molecule has 1 aliphatic carbocycles. The smallest absolute Gasteiger partial charge is 0.240 e. The lowest BCUT2D eigenvalue weighted by molar-refractivity contribution is -0.119. The highest BCUT2D eigenvalue weighted by atomic mass is 16.5. The largest absolute Gasteiger partial charge is 0.493 e. The van der Waals surface area contributed by atoms with Crippen molar-refractivity contribution in [3.8, 4) is 11.5 Å². The summed E-state index contributed by atoms with van der Waals surface area (Å²) in [4.78, 5) is 21.0. The van der Waals surface area contributed by atoms with E-state index in [1.54, 1.807) is 20.3 Å². The van der Waals surface area contributed by atoms with E-state index < -0.39 is 6.04 Å². The molecule has 2 atom stereocenters. The zero-order valence-corrected chi connectivity index (χ0v) is 16.5. The van der Waals surface area contributed by atoms with Crippen molar-refractivity contribution in [2.75, 3.05) is 19.5 Å². The van der Waals surface area contributed by atoms with Crippen molar-refractivity contribution in [1.82, 2.24) is 9.97 Å². The Morgan fingerprint density at radius 1 is 1.14 bits per heavy atom. The molecule has 0 saturated carbocycles. The Morgan fingerprint density at radius 3 is 2.59 bits per heavy atom. The summed E-state index contributed by atoms with van der Waals surface area (Å²) >= 11 is 0. The predicted octanol–water partition coefficient (Wildman–Crippen LogP) is 2.72. The van der Waals surface area contributed by atoms with Gasteiger partial charge in [0.15, 0.2) is 11.5 Å². The number of nitrogens with zero attached hydrogens (tertiary/aromatic N) is 2. The molecule has 0 bridgehead atoms. The molecule has 1 aliphatic rings. The highest BCUT2D eigenvalue weighted by molar-refractivity contribution is 5.93. The number of aryl methyl sites for hydroxylation is 1. The van der Waals surface area contributed by atoms with Gasteiger partial charge in [0.05, 0.1) is 19.7 Å². The summed E-state index contributed by atoms with van der Waals surface area (Å²) in [6.07, 6.45) is 4.08. The molecule has 1 amide bonds. The number of carbonyl (C=O) groups excluding carboxylic acids is 1. The Morgan fingerprint density at radius 2 is 1.86 bits per heavy atom. The molecule has 3 N–H and O–H groups in total. The van der Waals surface area contributed by atoms with Gasteiger partial charge in [-0.05, 0) is 42.4 Å². The number of nitrogens with two attached hydrogens (primary N) is 1. The van der Waals surface area contributed by atoms with Crippen LogP contribution in [0.2, 0.25) is 0 Å². The molecule has 29 heavy (non-hydrogen) atoms. The minimum Gasteiger partial charge on any atom is -0.493 e. The second-order valence-corrected chi connectivity index (χ2v) is 7.24. The van der Waals surface area contributed by atoms with Crippen molar-refractivity contribution in [3.63, 3.8) is 0 Å². The fraction of sp³-hybridized carbons (Fsp3) is 0.318. The number of aromatic nitrogens is 2. The lowest BCUT2D eigenvalue weighted by atomic mass is 9.79. The van der Waals surface area contributed by atoms with Gasteiger partial charge in [0.2, 0.25) is 5.91 Å². The van der Waals surface area contributed by atoms with E-state index in [1.807, 2.05) is 12.1 Å². The van der Waals surface area contributed by atoms with Crippen LogP contribution in [-0.2, 0) is 17.6 Å². The summed E-state index contributed by atoms with van der Waals surface area (Å²) in [7, 11) is 3.15. The second-order valence-electron chi connectivity index (χ2n) is 7.24. The van der Waals surface area contributed by atoms with Crippen LogP contribution in [0.15, 0.2) is 42.7 Å². The molecule has 0 fully saturated rings. The van der Waals surface area contributed by atoms with Crippen molar-refractivity contribution in [1.29, 1.82) is 0 Å². The number of rotatable bonds is 6. The molecule has 0 aliphatic heterocycles. The van der Waals surface area contributed by atoms with E-state index in [0.717, 1.165) is 24.6 Å². The molecule has 0 radical (unpaired) electrons. The first-order valence-corrected chi connectivity index (χ1v) is 9.60. The van der Waals surface area contributed by atoms with Crippen LogP contribution in [0.1, 0.15) is 17.5 Å². The third kappa shape index (κ3) is 3.68. The van der Waals surface area contributed by atoms with Crippen LogP contribution in [0, 0.1) is 5.92 Å². The van der Waals surface area contributed by atoms with E-state index in [9.17, 15) is 4.79 Å². The van der Waals surface area contributed by atoms with Gasteiger partial charge >= 0.3 is 0 Å². The quantitative estimate of drug-likeness (QED) is 0.669. The predicted molar refractivity (Wildman–Crippen MR) is 111 cm³/mol. The van der Waals surface area contributed by atoms with Gasteiger partial charge in [-0.2, -0.15) is 0 Å². The summed E-state index contributed by atoms with van der Waals surface area (Å²) in [5, 5.41) is 4.03. The molecule has 2 unspecified atom stereocenters. The summed E-state index contributed by atoms with van der Waals surface area (Å²) in [5.74, 6) is 1.41. The van der Waals surface area contributed by atoms with E-state index >= 15 is 0 Å². The number of anilines is 1. The van der Waals surface area contributed by atoms with Gasteiger partial charge in [0.25, 0.3) is 0 Å². The number of nitrogens with one attached hydrogen (secondary N) is 1. The Bertz CT molecular complexity index is 1050. The van der Waals surface area contributed by atoms with Gasteiger partial charge in [0, 0.05) is 11.5 Å². The van der Waals surface area contributed by atoms with E-state index in [0.29, 0.717) is 22.8 Å². The standard InChI is InChI=1S/C22H24N4O3/c1-28-18-10-16-17(11-19(18)29-2)24-12-25-22(16)26-20(21(23)27)15-8-7-13-5-3-4-6-14(13)9-15/h3-6,10-12,15,20H,7-9H2,1-2H3,(H2,23,27)(H,24,25,26). The molecule has 1 aromatic heterocycles. The molecule has 0 saturated heterocycles. The highest BCUT2D eigenvalue weighted by Gasteiger charge is 2.30. The average Bonchev–Trinajstić information content (AvgIpc) is 2.75. The fourth-order valence-corrected chi connectivity index (χ4v) is 4.08. The van der Waals surface area contributed by atoms with E-state index in [-0.39, 0.29) is 11.8 Å². The number of methoxy groups -OCH3 is 2. The number of ether oxygens (including phenoxy) is 2. The Labute approximate surface area is 169 Å². The molecular formula is C22H24N4O3. The van der Waals surface area contributed by atoms with Gasteiger partial charge in [-0.15, -0.1) is 0 Å². The van der Waals surface area contributed by atoms with Crippen molar-refractivity contribution in [3.05, 3.63) is 53.9 Å². The van der Waals surface area contributed by atoms with E-state index in [1.165, 1.54) is 17.5 Å². The number of hydrogen-bond donors (Lipinski definition) is 2.